The summed E-state index contributed by atoms with van der Waals surface area (Å²) in [6, 6.07) is 21.2. The highest BCUT2D eigenvalue weighted by Gasteiger charge is 2.33. The topological polar surface area (TPSA) is 86.8 Å². The van der Waals surface area contributed by atoms with Gasteiger partial charge in [0.25, 0.3) is 0 Å². The number of benzene rings is 3. The Balaban J connectivity index is 2.05. The Labute approximate surface area is 236 Å². The summed E-state index contributed by atoms with van der Waals surface area (Å²) >= 11 is 6.29. The zero-order valence-corrected chi connectivity index (χ0v) is 24.4. The zero-order valence-electron chi connectivity index (χ0n) is 22.9. The van der Waals surface area contributed by atoms with E-state index in [9.17, 15) is 18.0 Å². The number of nitrogens with zero attached hydrogens (tertiary/aromatic N) is 2. The van der Waals surface area contributed by atoms with Crippen LogP contribution in [-0.4, -0.2) is 50.5 Å². The molecular formula is C30H36ClN3O4S. The maximum absolute atomic E-state index is 14.0. The average molecular weight is 570 g/mol. The Morgan fingerprint density at radius 1 is 0.949 bits per heavy atom. The quantitative estimate of drug-likeness (QED) is 0.336. The Kier molecular flexibility index (Phi) is 10.5. The molecule has 7 nitrogen and oxygen atoms in total. The van der Waals surface area contributed by atoms with Gasteiger partial charge in [-0.15, -0.1) is 0 Å². The molecule has 3 aromatic carbocycles. The van der Waals surface area contributed by atoms with Crippen molar-refractivity contribution in [3.05, 3.63) is 100 Å². The van der Waals surface area contributed by atoms with Crippen LogP contribution in [-0.2, 0) is 32.6 Å². The maximum atomic E-state index is 14.0. The molecule has 39 heavy (non-hydrogen) atoms. The van der Waals surface area contributed by atoms with E-state index in [1.54, 1.807) is 12.1 Å². The molecule has 1 N–H and O–H groups in total. The molecule has 0 aliphatic heterocycles. The van der Waals surface area contributed by atoms with Gasteiger partial charge in [0.2, 0.25) is 21.8 Å². The minimum Gasteiger partial charge on any atom is -0.354 e. The highest BCUT2D eigenvalue weighted by Crippen LogP contribution is 2.26. The normalized spacial score (nSPS) is 12.0. The molecule has 0 fully saturated rings. The lowest BCUT2D eigenvalue weighted by atomic mass is 10.0. The number of sulfonamides is 1. The molecule has 0 radical (unpaired) electrons. The minimum absolute atomic E-state index is 0.143. The summed E-state index contributed by atoms with van der Waals surface area (Å²) in [5, 5.41) is 3.33. The van der Waals surface area contributed by atoms with Crippen LogP contribution in [0.3, 0.4) is 0 Å². The van der Waals surface area contributed by atoms with Crippen molar-refractivity contribution in [2.24, 2.45) is 0 Å². The summed E-state index contributed by atoms with van der Waals surface area (Å²) in [4.78, 5) is 29.0. The molecule has 3 aromatic rings. The molecule has 0 heterocycles. The van der Waals surface area contributed by atoms with Crippen LogP contribution in [0.4, 0.5) is 5.69 Å². The molecule has 0 saturated carbocycles. The van der Waals surface area contributed by atoms with Gasteiger partial charge in [0.1, 0.15) is 12.6 Å². The number of nitrogens with one attached hydrogen (secondary N) is 1. The monoisotopic (exact) mass is 569 g/mol. The molecule has 0 bridgehead atoms. The lowest BCUT2D eigenvalue weighted by Gasteiger charge is -2.33. The first-order valence-electron chi connectivity index (χ1n) is 12.9. The molecule has 2 amide bonds. The van der Waals surface area contributed by atoms with Gasteiger partial charge in [-0.05, 0) is 49.1 Å². The van der Waals surface area contributed by atoms with Crippen molar-refractivity contribution in [2.75, 3.05) is 23.7 Å². The number of rotatable bonds is 12. The lowest BCUT2D eigenvalue weighted by Crippen LogP contribution is -2.53. The highest BCUT2D eigenvalue weighted by molar-refractivity contribution is 7.92. The van der Waals surface area contributed by atoms with Crippen LogP contribution in [0.25, 0.3) is 0 Å². The van der Waals surface area contributed by atoms with Crippen molar-refractivity contribution in [3.8, 4) is 0 Å². The third kappa shape index (κ3) is 8.57. The largest absolute Gasteiger partial charge is 0.354 e. The van der Waals surface area contributed by atoms with Crippen LogP contribution < -0.4 is 9.62 Å². The Bertz CT molecular complexity index is 1400. The first kappa shape index (κ1) is 30.2. The van der Waals surface area contributed by atoms with Gasteiger partial charge in [0.05, 0.1) is 11.9 Å². The molecule has 0 aromatic heterocycles. The van der Waals surface area contributed by atoms with Gasteiger partial charge in [-0.25, -0.2) is 8.42 Å². The molecule has 0 aliphatic rings. The molecule has 208 valence electrons. The van der Waals surface area contributed by atoms with Crippen molar-refractivity contribution in [1.82, 2.24) is 10.2 Å². The van der Waals surface area contributed by atoms with E-state index in [-0.39, 0.29) is 24.6 Å². The second kappa shape index (κ2) is 13.6. The molecule has 0 spiro atoms. The van der Waals surface area contributed by atoms with Gasteiger partial charge in [-0.2, -0.15) is 0 Å². The second-order valence-corrected chi connectivity index (χ2v) is 12.0. The number of carbonyl (C=O) groups is 2. The van der Waals surface area contributed by atoms with E-state index in [2.05, 4.69) is 5.32 Å². The van der Waals surface area contributed by atoms with E-state index >= 15 is 0 Å². The number of amides is 2. The standard InChI is InChI=1S/C30H36ClN3O4S/c1-5-16-32-30(36)28(18-24-11-7-6-8-12-24)33(20-25-13-9-10-22(2)17-25)29(35)21-34(39(4,37)38)26-15-14-23(3)27(31)19-26/h6-15,17,19,28H,5,16,18,20-21H2,1-4H3,(H,32,36)/t28-/m0/s1. The molecule has 3 rings (SSSR count). The molecule has 1 atom stereocenters. The maximum Gasteiger partial charge on any atom is 0.244 e. The average Bonchev–Trinajstić information content (AvgIpc) is 2.89. The molecule has 0 unspecified atom stereocenters. The van der Waals surface area contributed by atoms with Gasteiger partial charge < -0.3 is 10.2 Å². The summed E-state index contributed by atoms with van der Waals surface area (Å²) in [7, 11) is -3.85. The van der Waals surface area contributed by atoms with Gasteiger partial charge in [0.15, 0.2) is 0 Å². The molecule has 0 saturated heterocycles. The van der Waals surface area contributed by atoms with E-state index in [1.807, 2.05) is 75.4 Å². The molecule has 9 heteroatoms. The van der Waals surface area contributed by atoms with E-state index in [1.165, 1.54) is 11.0 Å². The smallest absolute Gasteiger partial charge is 0.244 e. The number of anilines is 1. The Hall–Kier alpha value is -3.36. The number of aryl methyl sites for hydroxylation is 2. The van der Waals surface area contributed by atoms with Crippen molar-refractivity contribution in [3.63, 3.8) is 0 Å². The highest BCUT2D eigenvalue weighted by atomic mass is 35.5. The fraction of sp³-hybridized carbons (Fsp3) is 0.333. The van der Waals surface area contributed by atoms with Gasteiger partial charge in [-0.3, -0.25) is 13.9 Å². The summed E-state index contributed by atoms with van der Waals surface area (Å²) in [5.41, 5.74) is 3.82. The first-order chi connectivity index (χ1) is 18.5. The fourth-order valence-corrected chi connectivity index (χ4v) is 5.29. The number of halogens is 1. The second-order valence-electron chi connectivity index (χ2n) is 9.71. The van der Waals surface area contributed by atoms with Crippen LogP contribution in [0.5, 0.6) is 0 Å². The summed E-state index contributed by atoms with van der Waals surface area (Å²) in [5.74, 6) is -0.780. The van der Waals surface area contributed by atoms with Crippen molar-refractivity contribution in [2.45, 2.75) is 46.2 Å². The lowest BCUT2D eigenvalue weighted by molar-refractivity contribution is -0.140. The third-order valence-corrected chi connectivity index (χ3v) is 7.93. The minimum atomic E-state index is -3.85. The molecular weight excluding hydrogens is 534 g/mol. The van der Waals surface area contributed by atoms with E-state index in [0.717, 1.165) is 39.2 Å². The fourth-order valence-electron chi connectivity index (χ4n) is 4.28. The number of hydrogen-bond donors (Lipinski definition) is 1. The van der Waals surface area contributed by atoms with Gasteiger partial charge >= 0.3 is 0 Å². The van der Waals surface area contributed by atoms with Gasteiger partial charge in [-0.1, -0.05) is 84.8 Å². The van der Waals surface area contributed by atoms with Crippen molar-refractivity contribution in [1.29, 1.82) is 0 Å². The number of carbonyl (C=O) groups excluding carboxylic acids is 2. The predicted molar refractivity (Wildman–Crippen MR) is 157 cm³/mol. The Morgan fingerprint density at radius 3 is 2.26 bits per heavy atom. The van der Waals surface area contributed by atoms with Crippen LogP contribution in [0.2, 0.25) is 5.02 Å². The van der Waals surface area contributed by atoms with Crippen LogP contribution in [0.15, 0.2) is 72.8 Å². The van der Waals surface area contributed by atoms with Gasteiger partial charge in [0, 0.05) is 24.5 Å². The summed E-state index contributed by atoms with van der Waals surface area (Å²) in [6.45, 7) is 5.86. The summed E-state index contributed by atoms with van der Waals surface area (Å²) in [6.07, 6.45) is 2.07. The van der Waals surface area contributed by atoms with Crippen LogP contribution >= 0.6 is 11.6 Å². The van der Waals surface area contributed by atoms with Crippen molar-refractivity contribution < 1.29 is 18.0 Å². The SMILES string of the molecule is CCCNC(=O)[C@H](Cc1ccccc1)N(Cc1cccc(C)c1)C(=O)CN(c1ccc(C)c(Cl)c1)S(C)(=O)=O. The third-order valence-electron chi connectivity index (χ3n) is 6.38. The Morgan fingerprint density at radius 2 is 1.64 bits per heavy atom. The van der Waals surface area contributed by atoms with Crippen LogP contribution in [0, 0.1) is 13.8 Å². The van der Waals surface area contributed by atoms with E-state index in [0.29, 0.717) is 11.6 Å². The van der Waals surface area contributed by atoms with Crippen molar-refractivity contribution >= 4 is 39.1 Å². The first-order valence-corrected chi connectivity index (χ1v) is 15.1. The van der Waals surface area contributed by atoms with Crippen LogP contribution in [0.1, 0.15) is 35.6 Å². The number of hydrogen-bond acceptors (Lipinski definition) is 4. The summed E-state index contributed by atoms with van der Waals surface area (Å²) < 4.78 is 26.8. The predicted octanol–water partition coefficient (Wildman–Crippen LogP) is 4.89. The van der Waals surface area contributed by atoms with E-state index in [4.69, 9.17) is 11.6 Å². The van der Waals surface area contributed by atoms with E-state index < -0.39 is 28.5 Å². The molecule has 0 aliphatic carbocycles. The zero-order chi connectivity index (χ0) is 28.6.